The number of halogens is 1. The number of nitrogens with zero attached hydrogens (tertiary/aromatic N) is 5. The van der Waals surface area contributed by atoms with Gasteiger partial charge in [-0.05, 0) is 36.4 Å². The van der Waals surface area contributed by atoms with E-state index in [2.05, 4.69) is 21.7 Å². The number of methoxy groups -OCH3 is 1. The predicted octanol–water partition coefficient (Wildman–Crippen LogP) is 3.78. The van der Waals surface area contributed by atoms with Crippen LogP contribution in [0.15, 0.2) is 73.3 Å². The molecule has 1 aliphatic rings. The quantitative estimate of drug-likeness (QED) is 0.433. The molecule has 2 amide bonds. The lowest BCUT2D eigenvalue weighted by atomic mass is 10.1. The summed E-state index contributed by atoms with van der Waals surface area (Å²) in [5, 5.41) is 9.13. The molecule has 186 valence electrons. The van der Waals surface area contributed by atoms with Gasteiger partial charge in [0.15, 0.2) is 5.82 Å². The zero-order chi connectivity index (χ0) is 25.5. The van der Waals surface area contributed by atoms with Gasteiger partial charge >= 0.3 is 0 Å². The van der Waals surface area contributed by atoms with Crippen molar-refractivity contribution in [1.29, 1.82) is 0 Å². The van der Waals surface area contributed by atoms with Gasteiger partial charge in [-0.1, -0.05) is 41.9 Å². The van der Waals surface area contributed by atoms with Gasteiger partial charge in [0.2, 0.25) is 5.91 Å². The molecule has 0 spiro atoms. The number of ether oxygens (including phenoxy) is 1. The fourth-order valence-electron chi connectivity index (χ4n) is 4.06. The van der Waals surface area contributed by atoms with Crippen LogP contribution < -0.4 is 9.64 Å². The van der Waals surface area contributed by atoms with E-state index in [9.17, 15) is 9.59 Å². The zero-order valence-corrected chi connectivity index (χ0v) is 20.9. The lowest BCUT2D eigenvalue weighted by Crippen LogP contribution is -2.52. The first-order valence-electron chi connectivity index (χ1n) is 11.7. The summed E-state index contributed by atoms with van der Waals surface area (Å²) in [6, 6.07) is 18.4. The van der Waals surface area contributed by atoms with E-state index in [1.807, 2.05) is 36.4 Å². The number of hydrogen-bond acceptors (Lipinski definition) is 6. The number of hydrogen-bond donors (Lipinski definition) is 0. The highest BCUT2D eigenvalue weighted by atomic mass is 35.5. The summed E-state index contributed by atoms with van der Waals surface area (Å²) < 4.78 is 5.28. The minimum absolute atomic E-state index is 0.0366. The lowest BCUT2D eigenvalue weighted by molar-refractivity contribution is -0.132. The molecule has 3 aromatic rings. The maximum atomic E-state index is 13.0. The molecule has 0 saturated carbocycles. The molecule has 36 heavy (non-hydrogen) atoms. The number of aromatic nitrogens is 2. The van der Waals surface area contributed by atoms with E-state index in [0.717, 1.165) is 22.8 Å². The van der Waals surface area contributed by atoms with Gasteiger partial charge < -0.3 is 19.4 Å². The van der Waals surface area contributed by atoms with Crippen LogP contribution in [-0.4, -0.2) is 78.2 Å². The topological polar surface area (TPSA) is 78.9 Å². The Morgan fingerprint density at radius 1 is 1.06 bits per heavy atom. The summed E-state index contributed by atoms with van der Waals surface area (Å²) >= 11 is 6.19. The first-order chi connectivity index (χ1) is 17.5. The highest BCUT2D eigenvalue weighted by molar-refractivity contribution is 6.33. The summed E-state index contributed by atoms with van der Waals surface area (Å²) in [7, 11) is 1.63. The predicted molar refractivity (Wildman–Crippen MR) is 140 cm³/mol. The highest BCUT2D eigenvalue weighted by Gasteiger charge is 2.26. The molecule has 4 rings (SSSR count). The number of rotatable bonds is 8. The number of carbonyl (C=O) groups is 2. The first kappa shape index (κ1) is 25.2. The molecule has 1 aliphatic heterocycles. The molecule has 8 nitrogen and oxygen atoms in total. The number of amides is 2. The van der Waals surface area contributed by atoms with Crippen molar-refractivity contribution < 1.29 is 14.3 Å². The Bertz CT molecular complexity index is 1230. The number of benzene rings is 2. The second-order valence-electron chi connectivity index (χ2n) is 8.33. The third kappa shape index (κ3) is 5.83. The van der Waals surface area contributed by atoms with Crippen LogP contribution in [0, 0.1) is 0 Å². The molecule has 0 aliphatic carbocycles. The summed E-state index contributed by atoms with van der Waals surface area (Å²) in [6.07, 6.45) is 1.60. The SMILES string of the molecule is C=CCN(CC(=O)N1CCN(c2ccc(-c3cccc(OC)c3)nn2)CC1)C(=O)c1ccccc1Cl. The van der Waals surface area contributed by atoms with Crippen molar-refractivity contribution in [2.24, 2.45) is 0 Å². The average Bonchev–Trinajstić information content (AvgIpc) is 2.93. The van der Waals surface area contributed by atoms with Crippen LogP contribution in [0.5, 0.6) is 5.75 Å². The van der Waals surface area contributed by atoms with Crippen LogP contribution in [0.4, 0.5) is 5.82 Å². The van der Waals surface area contributed by atoms with Crippen molar-refractivity contribution in [2.45, 2.75) is 0 Å². The van der Waals surface area contributed by atoms with Gasteiger partial charge in [0, 0.05) is 38.3 Å². The minimum atomic E-state index is -0.293. The van der Waals surface area contributed by atoms with Crippen molar-refractivity contribution >= 4 is 29.2 Å². The molecule has 2 aromatic carbocycles. The van der Waals surface area contributed by atoms with Crippen molar-refractivity contribution in [3.63, 3.8) is 0 Å². The molecular weight excluding hydrogens is 478 g/mol. The van der Waals surface area contributed by atoms with Gasteiger partial charge in [-0.3, -0.25) is 9.59 Å². The van der Waals surface area contributed by atoms with E-state index in [1.165, 1.54) is 4.90 Å². The Hall–Kier alpha value is -3.91. The Kier molecular flexibility index (Phi) is 8.17. The van der Waals surface area contributed by atoms with Crippen molar-refractivity contribution in [2.75, 3.05) is 51.3 Å². The Morgan fingerprint density at radius 2 is 1.83 bits per heavy atom. The van der Waals surface area contributed by atoms with Gasteiger partial charge in [-0.2, -0.15) is 0 Å². The molecule has 1 fully saturated rings. The third-order valence-electron chi connectivity index (χ3n) is 6.04. The molecule has 1 saturated heterocycles. The molecule has 9 heteroatoms. The van der Waals surface area contributed by atoms with E-state index in [1.54, 1.807) is 42.4 Å². The molecule has 0 atom stereocenters. The summed E-state index contributed by atoms with van der Waals surface area (Å²) in [5.74, 6) is 1.12. The van der Waals surface area contributed by atoms with E-state index in [-0.39, 0.29) is 24.9 Å². The van der Waals surface area contributed by atoms with Crippen LogP contribution in [0.25, 0.3) is 11.3 Å². The second kappa shape index (κ2) is 11.7. The molecule has 0 radical (unpaired) electrons. The van der Waals surface area contributed by atoms with Crippen LogP contribution in [0.2, 0.25) is 5.02 Å². The first-order valence-corrected chi connectivity index (χ1v) is 12.0. The van der Waals surface area contributed by atoms with Crippen LogP contribution in [0.1, 0.15) is 10.4 Å². The lowest BCUT2D eigenvalue weighted by Gasteiger charge is -2.36. The Balaban J connectivity index is 1.35. The molecule has 0 unspecified atom stereocenters. The fraction of sp³-hybridized carbons (Fsp3) is 0.259. The van der Waals surface area contributed by atoms with Gasteiger partial charge in [-0.25, -0.2) is 0 Å². The number of piperazine rings is 1. The Morgan fingerprint density at radius 3 is 2.50 bits per heavy atom. The van der Waals surface area contributed by atoms with Crippen molar-refractivity contribution in [3.8, 4) is 17.0 Å². The van der Waals surface area contributed by atoms with Crippen molar-refractivity contribution in [1.82, 2.24) is 20.0 Å². The van der Waals surface area contributed by atoms with Crippen LogP contribution in [0.3, 0.4) is 0 Å². The second-order valence-corrected chi connectivity index (χ2v) is 8.74. The molecule has 0 N–H and O–H groups in total. The van der Waals surface area contributed by atoms with Gasteiger partial charge in [0.05, 0.1) is 23.4 Å². The summed E-state index contributed by atoms with van der Waals surface area (Å²) in [6.45, 7) is 6.24. The normalized spacial score (nSPS) is 13.3. The highest BCUT2D eigenvalue weighted by Crippen LogP contribution is 2.23. The summed E-state index contributed by atoms with van der Waals surface area (Å²) in [4.78, 5) is 31.3. The standard InChI is InChI=1S/C27H28ClN5O3/c1-3-13-33(27(35)22-9-4-5-10-23(22)28)19-26(34)32-16-14-31(15-17-32)25-12-11-24(29-30-25)20-7-6-8-21(18-20)36-2/h3-12,18H,1,13-17,19H2,2H3. The van der Waals surface area contributed by atoms with E-state index in [0.29, 0.717) is 36.8 Å². The molecule has 0 bridgehead atoms. The smallest absolute Gasteiger partial charge is 0.256 e. The zero-order valence-electron chi connectivity index (χ0n) is 20.1. The van der Waals surface area contributed by atoms with Gasteiger partial charge in [0.25, 0.3) is 5.91 Å². The van der Waals surface area contributed by atoms with Crippen molar-refractivity contribution in [3.05, 3.63) is 83.9 Å². The Labute approximate surface area is 215 Å². The number of carbonyl (C=O) groups excluding carboxylic acids is 2. The van der Waals surface area contributed by atoms with E-state index < -0.39 is 0 Å². The monoisotopic (exact) mass is 505 g/mol. The van der Waals surface area contributed by atoms with Gasteiger partial charge in [-0.15, -0.1) is 16.8 Å². The fourth-order valence-corrected chi connectivity index (χ4v) is 4.28. The average molecular weight is 506 g/mol. The third-order valence-corrected chi connectivity index (χ3v) is 6.37. The van der Waals surface area contributed by atoms with Gasteiger partial charge in [0.1, 0.15) is 12.3 Å². The van der Waals surface area contributed by atoms with E-state index >= 15 is 0 Å². The number of anilines is 1. The minimum Gasteiger partial charge on any atom is -0.497 e. The van der Waals surface area contributed by atoms with E-state index in [4.69, 9.17) is 16.3 Å². The van der Waals surface area contributed by atoms with Crippen LogP contribution in [-0.2, 0) is 4.79 Å². The molecule has 1 aromatic heterocycles. The van der Waals surface area contributed by atoms with Crippen LogP contribution >= 0.6 is 11.6 Å². The molecule has 2 heterocycles. The maximum absolute atomic E-state index is 13.0. The maximum Gasteiger partial charge on any atom is 0.256 e. The largest absolute Gasteiger partial charge is 0.497 e. The summed E-state index contributed by atoms with van der Waals surface area (Å²) in [5.41, 5.74) is 2.06. The molecular formula is C27H28ClN5O3.